The molecule has 126 valence electrons. The van der Waals surface area contributed by atoms with Crippen LogP contribution in [0.15, 0.2) is 30.6 Å². The lowest BCUT2D eigenvalue weighted by Crippen LogP contribution is -2.41. The lowest BCUT2D eigenvalue weighted by atomic mass is 10.0. The number of amides is 1. The van der Waals surface area contributed by atoms with E-state index in [1.807, 2.05) is 0 Å². The molecule has 24 heavy (non-hydrogen) atoms. The van der Waals surface area contributed by atoms with Crippen molar-refractivity contribution in [3.8, 4) is 6.07 Å². The molecule has 0 aliphatic rings. The van der Waals surface area contributed by atoms with E-state index in [-0.39, 0.29) is 5.56 Å². The number of alkyl halides is 3. The summed E-state index contributed by atoms with van der Waals surface area (Å²) in [7, 11) is 0. The first kappa shape index (κ1) is 17.5. The van der Waals surface area contributed by atoms with Gasteiger partial charge in [-0.2, -0.15) is 23.5 Å². The molecule has 2 aromatic rings. The van der Waals surface area contributed by atoms with Crippen LogP contribution in [0.1, 0.15) is 30.5 Å². The second-order valence-electron chi connectivity index (χ2n) is 5.85. The second-order valence-corrected chi connectivity index (χ2v) is 5.85. The van der Waals surface area contributed by atoms with Gasteiger partial charge in [0.05, 0.1) is 29.1 Å². The zero-order valence-corrected chi connectivity index (χ0v) is 13.3. The summed E-state index contributed by atoms with van der Waals surface area (Å²) < 4.78 is 40.9. The summed E-state index contributed by atoms with van der Waals surface area (Å²) in [6, 6.07) is 4.65. The zero-order valence-electron chi connectivity index (χ0n) is 13.3. The molecule has 0 unspecified atom stereocenters. The highest BCUT2D eigenvalue weighted by atomic mass is 19.4. The quantitative estimate of drug-likeness (QED) is 0.933. The predicted molar refractivity (Wildman–Crippen MR) is 81.1 cm³/mol. The number of anilines is 1. The average Bonchev–Trinajstić information content (AvgIpc) is 2.93. The summed E-state index contributed by atoms with van der Waals surface area (Å²) in [5, 5.41) is 15.1. The van der Waals surface area contributed by atoms with Crippen LogP contribution in [0.3, 0.4) is 0 Å². The summed E-state index contributed by atoms with van der Waals surface area (Å²) >= 11 is 0. The Kier molecular flexibility index (Phi) is 4.38. The molecule has 0 bridgehead atoms. The summed E-state index contributed by atoms with van der Waals surface area (Å²) in [4.78, 5) is 12.5. The molecule has 0 radical (unpaired) electrons. The predicted octanol–water partition coefficient (Wildman–Crippen LogP) is 3.46. The van der Waals surface area contributed by atoms with E-state index in [4.69, 9.17) is 5.26 Å². The Labute approximate surface area is 136 Å². The van der Waals surface area contributed by atoms with Crippen LogP contribution in [-0.2, 0) is 16.5 Å². The summed E-state index contributed by atoms with van der Waals surface area (Å²) in [5.74, 6) is -0.652. The van der Waals surface area contributed by atoms with Crippen LogP contribution < -0.4 is 5.32 Å². The molecule has 1 N–H and O–H groups in total. The fourth-order valence-electron chi connectivity index (χ4n) is 2.06. The zero-order chi connectivity index (χ0) is 18.1. The number of halogens is 3. The highest BCUT2D eigenvalue weighted by molar-refractivity contribution is 5.96. The molecule has 5 nitrogen and oxygen atoms in total. The normalized spacial score (nSPS) is 11.9. The minimum atomic E-state index is -4.69. The average molecular weight is 336 g/mol. The molecule has 0 fully saturated rings. The number of carbonyl (C=O) groups excluding carboxylic acids is 1. The molecule has 1 heterocycles. The molecule has 1 aromatic carbocycles. The van der Waals surface area contributed by atoms with Crippen LogP contribution in [0, 0.1) is 18.3 Å². The maximum atomic E-state index is 13.2. The number of aromatic nitrogens is 2. The lowest BCUT2D eigenvalue weighted by molar-refractivity contribution is -0.137. The first-order chi connectivity index (χ1) is 11.1. The minimum absolute atomic E-state index is 0.137. The second kappa shape index (κ2) is 6.00. The van der Waals surface area contributed by atoms with Crippen molar-refractivity contribution >= 4 is 11.6 Å². The number of nitriles is 1. The molecule has 0 saturated heterocycles. The molecular weight excluding hydrogens is 321 g/mol. The number of hydrogen-bond acceptors (Lipinski definition) is 3. The molecule has 0 atom stereocenters. The van der Waals surface area contributed by atoms with E-state index in [1.54, 1.807) is 39.2 Å². The van der Waals surface area contributed by atoms with Gasteiger partial charge in [0.1, 0.15) is 5.54 Å². The van der Waals surface area contributed by atoms with E-state index >= 15 is 0 Å². The van der Waals surface area contributed by atoms with E-state index in [1.165, 1.54) is 10.7 Å². The number of carbonyl (C=O) groups is 1. The smallest absolute Gasteiger partial charge is 0.323 e. The lowest BCUT2D eigenvalue weighted by Gasteiger charge is -2.25. The van der Waals surface area contributed by atoms with Crippen LogP contribution in [0.4, 0.5) is 18.9 Å². The Bertz CT molecular complexity index is 815. The Morgan fingerprint density at radius 2 is 2.00 bits per heavy atom. The summed E-state index contributed by atoms with van der Waals surface area (Å²) in [6.07, 6.45) is -1.51. The largest absolute Gasteiger partial charge is 0.418 e. The van der Waals surface area contributed by atoms with E-state index in [9.17, 15) is 18.0 Å². The van der Waals surface area contributed by atoms with Gasteiger partial charge in [-0.3, -0.25) is 9.48 Å². The minimum Gasteiger partial charge on any atom is -0.323 e. The van der Waals surface area contributed by atoms with Gasteiger partial charge in [0.2, 0.25) is 0 Å². The van der Waals surface area contributed by atoms with Gasteiger partial charge >= 0.3 is 6.18 Å². The number of nitrogens with zero attached hydrogens (tertiary/aromatic N) is 3. The van der Waals surface area contributed by atoms with Crippen molar-refractivity contribution in [2.75, 3.05) is 5.32 Å². The molecule has 8 heteroatoms. The van der Waals surface area contributed by atoms with Crippen molar-refractivity contribution in [2.45, 2.75) is 32.5 Å². The van der Waals surface area contributed by atoms with Gasteiger partial charge in [-0.05, 0) is 44.5 Å². The van der Waals surface area contributed by atoms with Crippen molar-refractivity contribution in [2.24, 2.45) is 0 Å². The number of aryl methyl sites for hydroxylation is 1. The van der Waals surface area contributed by atoms with Crippen LogP contribution in [0.5, 0.6) is 0 Å². The number of hydrogen-bond donors (Lipinski definition) is 1. The van der Waals surface area contributed by atoms with Gasteiger partial charge in [0.15, 0.2) is 0 Å². The van der Waals surface area contributed by atoms with Crippen LogP contribution in [0.2, 0.25) is 0 Å². The fourth-order valence-corrected chi connectivity index (χ4v) is 2.06. The number of rotatable bonds is 3. The van der Waals surface area contributed by atoms with Gasteiger partial charge in [0, 0.05) is 6.20 Å². The Morgan fingerprint density at radius 1 is 1.33 bits per heavy atom. The Hall–Kier alpha value is -2.82. The maximum absolute atomic E-state index is 13.2. The van der Waals surface area contributed by atoms with Crippen LogP contribution in [0.25, 0.3) is 0 Å². The third kappa shape index (κ3) is 3.40. The molecule has 0 saturated carbocycles. The Balaban J connectivity index is 2.37. The maximum Gasteiger partial charge on any atom is 0.418 e. The van der Waals surface area contributed by atoms with Crippen molar-refractivity contribution < 1.29 is 18.0 Å². The van der Waals surface area contributed by atoms with Gasteiger partial charge in [0.25, 0.3) is 5.91 Å². The van der Waals surface area contributed by atoms with Gasteiger partial charge in [-0.1, -0.05) is 0 Å². The SMILES string of the molecule is Cc1cnn(C(C)(C)C(=O)Nc2ccc(C#N)cc2C(F)(F)F)c1. The Morgan fingerprint density at radius 3 is 2.50 bits per heavy atom. The highest BCUT2D eigenvalue weighted by Crippen LogP contribution is 2.36. The van der Waals surface area contributed by atoms with E-state index in [0.717, 1.165) is 11.6 Å². The van der Waals surface area contributed by atoms with Gasteiger partial charge < -0.3 is 5.32 Å². The molecule has 1 aromatic heterocycles. The van der Waals surface area contributed by atoms with E-state index in [2.05, 4.69) is 10.4 Å². The van der Waals surface area contributed by atoms with Crippen molar-refractivity contribution in [3.63, 3.8) is 0 Å². The number of benzene rings is 1. The topological polar surface area (TPSA) is 70.7 Å². The van der Waals surface area contributed by atoms with Crippen molar-refractivity contribution in [1.29, 1.82) is 5.26 Å². The third-order valence-corrected chi connectivity index (χ3v) is 3.54. The standard InChI is InChI=1S/C16H15F3N4O/c1-10-8-21-23(9-10)15(2,3)14(24)22-13-5-4-11(7-20)6-12(13)16(17,18)19/h4-6,8-9H,1-3H3,(H,22,24). The molecule has 0 spiro atoms. The van der Waals surface area contributed by atoms with Gasteiger partial charge in [-0.15, -0.1) is 0 Å². The van der Waals surface area contributed by atoms with E-state index in [0.29, 0.717) is 6.07 Å². The van der Waals surface area contributed by atoms with Crippen molar-refractivity contribution in [1.82, 2.24) is 9.78 Å². The third-order valence-electron chi connectivity index (χ3n) is 3.54. The van der Waals surface area contributed by atoms with Crippen molar-refractivity contribution in [3.05, 3.63) is 47.3 Å². The molecule has 0 aliphatic carbocycles. The molecular formula is C16H15F3N4O. The first-order valence-electron chi connectivity index (χ1n) is 7.00. The molecule has 2 rings (SSSR count). The summed E-state index contributed by atoms with van der Waals surface area (Å²) in [5.41, 5.74) is -1.97. The monoisotopic (exact) mass is 336 g/mol. The van der Waals surface area contributed by atoms with E-state index < -0.39 is 28.9 Å². The first-order valence-corrected chi connectivity index (χ1v) is 7.00. The summed E-state index contributed by atoms with van der Waals surface area (Å²) in [6.45, 7) is 4.89. The van der Waals surface area contributed by atoms with Gasteiger partial charge in [-0.25, -0.2) is 0 Å². The molecule has 1 amide bonds. The number of nitrogens with one attached hydrogen (secondary N) is 1. The highest BCUT2D eigenvalue weighted by Gasteiger charge is 2.36. The van der Waals surface area contributed by atoms with Crippen LogP contribution >= 0.6 is 0 Å². The fraction of sp³-hybridized carbons (Fsp3) is 0.312. The van der Waals surface area contributed by atoms with Crippen LogP contribution in [-0.4, -0.2) is 15.7 Å². The molecule has 0 aliphatic heterocycles.